The van der Waals surface area contributed by atoms with Gasteiger partial charge >= 0.3 is 18.2 Å². The van der Waals surface area contributed by atoms with E-state index in [-0.39, 0.29) is 18.1 Å². The van der Waals surface area contributed by atoms with Gasteiger partial charge in [0.05, 0.1) is 12.6 Å². The minimum Gasteiger partial charge on any atom is -0.480 e. The number of carboxylic acid groups (broad SMARTS) is 1. The fourth-order valence-corrected chi connectivity index (χ4v) is 2.19. The number of carboxylic acids is 1. The SMILES string of the molecule is O=C(O)CN(CC(F)(F)F)C(=O)N1CCCCC1CO. The van der Waals surface area contributed by atoms with Crippen LogP contribution in [0.2, 0.25) is 0 Å². The average Bonchev–Trinajstić information content (AvgIpc) is 2.35. The summed E-state index contributed by atoms with van der Waals surface area (Å²) < 4.78 is 37.2. The van der Waals surface area contributed by atoms with Crippen molar-refractivity contribution >= 4 is 12.0 Å². The van der Waals surface area contributed by atoms with E-state index in [2.05, 4.69) is 0 Å². The first-order valence-electron chi connectivity index (χ1n) is 6.19. The van der Waals surface area contributed by atoms with E-state index in [1.165, 1.54) is 0 Å². The first kappa shape index (κ1) is 16.5. The molecule has 0 bridgehead atoms. The van der Waals surface area contributed by atoms with Crippen LogP contribution in [0.15, 0.2) is 0 Å². The molecule has 0 aliphatic carbocycles. The number of hydrogen-bond acceptors (Lipinski definition) is 3. The lowest BCUT2D eigenvalue weighted by molar-refractivity contribution is -0.150. The third kappa shape index (κ3) is 4.87. The maximum absolute atomic E-state index is 12.4. The number of aliphatic carboxylic acids is 1. The molecule has 0 aromatic heterocycles. The Balaban J connectivity index is 2.82. The number of rotatable bonds is 4. The Kier molecular flexibility index (Phi) is 5.61. The Morgan fingerprint density at radius 2 is 1.95 bits per heavy atom. The highest BCUT2D eigenvalue weighted by molar-refractivity contribution is 5.80. The number of carbonyl (C=O) groups excluding carboxylic acids is 1. The first-order valence-corrected chi connectivity index (χ1v) is 6.19. The lowest BCUT2D eigenvalue weighted by atomic mass is 10.0. The topological polar surface area (TPSA) is 81.1 Å². The molecule has 9 heteroatoms. The van der Waals surface area contributed by atoms with Crippen molar-refractivity contribution in [2.45, 2.75) is 31.5 Å². The molecule has 1 unspecified atom stereocenters. The molecule has 2 N–H and O–H groups in total. The second-order valence-electron chi connectivity index (χ2n) is 4.67. The molecule has 2 amide bonds. The Morgan fingerprint density at radius 1 is 1.30 bits per heavy atom. The van der Waals surface area contributed by atoms with Crippen molar-refractivity contribution in [1.82, 2.24) is 9.80 Å². The fraction of sp³-hybridized carbons (Fsp3) is 0.818. The number of aliphatic hydroxyl groups excluding tert-OH is 1. The number of nitrogens with zero attached hydrogens (tertiary/aromatic N) is 2. The lowest BCUT2D eigenvalue weighted by Gasteiger charge is -2.38. The van der Waals surface area contributed by atoms with Gasteiger partial charge in [0.2, 0.25) is 0 Å². The van der Waals surface area contributed by atoms with Gasteiger partial charge in [-0.05, 0) is 19.3 Å². The highest BCUT2D eigenvalue weighted by Crippen LogP contribution is 2.21. The predicted molar refractivity (Wildman–Crippen MR) is 62.1 cm³/mol. The van der Waals surface area contributed by atoms with E-state index < -0.39 is 37.3 Å². The number of carbonyl (C=O) groups is 2. The van der Waals surface area contributed by atoms with Crippen molar-refractivity contribution < 1.29 is 33.0 Å². The summed E-state index contributed by atoms with van der Waals surface area (Å²) in [5, 5.41) is 17.8. The zero-order chi connectivity index (χ0) is 15.3. The summed E-state index contributed by atoms with van der Waals surface area (Å²) in [5.41, 5.74) is 0. The third-order valence-corrected chi connectivity index (χ3v) is 3.05. The number of urea groups is 1. The molecule has 0 saturated carbocycles. The van der Waals surface area contributed by atoms with Crippen LogP contribution in [0.25, 0.3) is 0 Å². The summed E-state index contributed by atoms with van der Waals surface area (Å²) in [4.78, 5) is 24.0. The summed E-state index contributed by atoms with van der Waals surface area (Å²) in [6.07, 6.45) is -2.78. The molecule has 1 fully saturated rings. The number of halogens is 3. The monoisotopic (exact) mass is 298 g/mol. The Labute approximate surface area is 113 Å². The van der Waals surface area contributed by atoms with Gasteiger partial charge < -0.3 is 20.0 Å². The number of amides is 2. The smallest absolute Gasteiger partial charge is 0.406 e. The van der Waals surface area contributed by atoms with Gasteiger partial charge in [0.1, 0.15) is 13.1 Å². The average molecular weight is 298 g/mol. The number of aliphatic hydroxyl groups is 1. The molecular formula is C11H17F3N2O4. The maximum atomic E-state index is 12.4. The van der Waals surface area contributed by atoms with Crippen molar-refractivity contribution in [1.29, 1.82) is 0 Å². The van der Waals surface area contributed by atoms with Gasteiger partial charge in [-0.25, -0.2) is 4.79 Å². The maximum Gasteiger partial charge on any atom is 0.406 e. The van der Waals surface area contributed by atoms with Gasteiger partial charge in [0.15, 0.2) is 0 Å². The standard InChI is InChI=1S/C11H17F3N2O4/c12-11(13,14)7-15(5-9(18)19)10(20)16-4-2-1-3-8(16)6-17/h8,17H,1-7H2,(H,18,19). The molecule has 0 radical (unpaired) electrons. The van der Waals surface area contributed by atoms with E-state index in [1.54, 1.807) is 0 Å². The zero-order valence-corrected chi connectivity index (χ0v) is 10.8. The largest absolute Gasteiger partial charge is 0.480 e. The van der Waals surface area contributed by atoms with Crippen LogP contribution in [0.3, 0.4) is 0 Å². The van der Waals surface area contributed by atoms with Crippen LogP contribution in [0.4, 0.5) is 18.0 Å². The third-order valence-electron chi connectivity index (χ3n) is 3.05. The Morgan fingerprint density at radius 3 is 2.45 bits per heavy atom. The number of likely N-dealkylation sites (tertiary alicyclic amines) is 1. The minimum absolute atomic E-state index is 0.220. The van der Waals surface area contributed by atoms with Crippen LogP contribution in [-0.2, 0) is 4.79 Å². The van der Waals surface area contributed by atoms with Gasteiger partial charge in [0.25, 0.3) is 0 Å². The molecule has 0 aromatic carbocycles. The quantitative estimate of drug-likeness (QED) is 0.808. The minimum atomic E-state index is -4.67. The molecule has 0 spiro atoms. The van der Waals surface area contributed by atoms with Crippen LogP contribution in [-0.4, -0.2) is 70.5 Å². The molecule has 116 valence electrons. The molecule has 1 heterocycles. The van der Waals surface area contributed by atoms with E-state index >= 15 is 0 Å². The van der Waals surface area contributed by atoms with E-state index in [9.17, 15) is 22.8 Å². The summed E-state index contributed by atoms with van der Waals surface area (Å²) >= 11 is 0. The molecule has 1 saturated heterocycles. The summed E-state index contributed by atoms with van der Waals surface area (Å²) in [5.74, 6) is -1.51. The number of hydrogen-bond donors (Lipinski definition) is 2. The summed E-state index contributed by atoms with van der Waals surface area (Å²) in [6, 6.07) is -1.55. The molecule has 0 aromatic rings. The van der Waals surface area contributed by atoms with E-state index in [4.69, 9.17) is 10.2 Å². The van der Waals surface area contributed by atoms with Crippen molar-refractivity contribution in [2.24, 2.45) is 0 Å². The molecule has 1 aliphatic heterocycles. The van der Waals surface area contributed by atoms with Crippen LogP contribution in [0.5, 0.6) is 0 Å². The molecule has 6 nitrogen and oxygen atoms in total. The molecule has 1 aliphatic rings. The van der Waals surface area contributed by atoms with Gasteiger partial charge in [-0.2, -0.15) is 13.2 Å². The predicted octanol–water partition coefficient (Wildman–Crippen LogP) is 0.902. The molecule has 1 rings (SSSR count). The van der Waals surface area contributed by atoms with E-state index in [0.29, 0.717) is 12.8 Å². The van der Waals surface area contributed by atoms with Crippen LogP contribution < -0.4 is 0 Å². The van der Waals surface area contributed by atoms with Crippen molar-refractivity contribution in [3.63, 3.8) is 0 Å². The summed E-state index contributed by atoms with van der Waals surface area (Å²) in [7, 11) is 0. The number of piperidine rings is 1. The van der Waals surface area contributed by atoms with Crippen LogP contribution in [0, 0.1) is 0 Å². The van der Waals surface area contributed by atoms with Gasteiger partial charge in [-0.15, -0.1) is 0 Å². The van der Waals surface area contributed by atoms with E-state index in [0.717, 1.165) is 11.3 Å². The Hall–Kier alpha value is -1.51. The van der Waals surface area contributed by atoms with Crippen LogP contribution in [0.1, 0.15) is 19.3 Å². The van der Waals surface area contributed by atoms with E-state index in [1.807, 2.05) is 0 Å². The van der Waals surface area contributed by atoms with Gasteiger partial charge in [-0.1, -0.05) is 0 Å². The van der Waals surface area contributed by atoms with Crippen molar-refractivity contribution in [3.05, 3.63) is 0 Å². The summed E-state index contributed by atoms with van der Waals surface area (Å²) in [6.45, 7) is -2.77. The molecular weight excluding hydrogens is 281 g/mol. The highest BCUT2D eigenvalue weighted by atomic mass is 19.4. The zero-order valence-electron chi connectivity index (χ0n) is 10.8. The second kappa shape index (κ2) is 6.78. The van der Waals surface area contributed by atoms with Gasteiger partial charge in [-0.3, -0.25) is 4.79 Å². The van der Waals surface area contributed by atoms with Crippen molar-refractivity contribution in [2.75, 3.05) is 26.2 Å². The highest BCUT2D eigenvalue weighted by Gasteiger charge is 2.37. The number of alkyl halides is 3. The Bertz CT molecular complexity index is 362. The lowest BCUT2D eigenvalue weighted by Crippen LogP contribution is -2.54. The normalized spacial score (nSPS) is 19.8. The molecule has 20 heavy (non-hydrogen) atoms. The second-order valence-corrected chi connectivity index (χ2v) is 4.67. The first-order chi connectivity index (χ1) is 9.24. The van der Waals surface area contributed by atoms with Gasteiger partial charge in [0, 0.05) is 6.54 Å². The fourth-order valence-electron chi connectivity index (χ4n) is 2.19. The molecule has 1 atom stereocenters. The van der Waals surface area contributed by atoms with Crippen LogP contribution >= 0.6 is 0 Å². The van der Waals surface area contributed by atoms with Crippen molar-refractivity contribution in [3.8, 4) is 0 Å².